The van der Waals surface area contributed by atoms with E-state index in [9.17, 15) is 9.59 Å². The molecule has 0 aromatic carbocycles. The summed E-state index contributed by atoms with van der Waals surface area (Å²) in [6.07, 6.45) is 29.3. The molecule has 0 saturated heterocycles. The number of hydrogen-bond acceptors (Lipinski definition) is 4. The third-order valence-electron chi connectivity index (χ3n) is 7.26. The Bertz CT molecular complexity index is 690. The predicted molar refractivity (Wildman–Crippen MR) is 144 cm³/mol. The molecule has 0 saturated carbocycles. The summed E-state index contributed by atoms with van der Waals surface area (Å²) < 4.78 is 11.5. The molecule has 1 heterocycles. The molecule has 0 aromatic rings. The van der Waals surface area contributed by atoms with Gasteiger partial charge in [-0.05, 0) is 70.4 Å². The van der Waals surface area contributed by atoms with Crippen molar-refractivity contribution in [1.82, 2.24) is 0 Å². The number of hydrogen-bond donors (Lipinski definition) is 0. The zero-order chi connectivity index (χ0) is 25.1. The van der Waals surface area contributed by atoms with Crippen LogP contribution in [0.2, 0.25) is 0 Å². The number of ether oxygens (including phenoxy) is 2. The van der Waals surface area contributed by atoms with Crippen LogP contribution < -0.4 is 0 Å². The maximum absolute atomic E-state index is 12.3. The van der Waals surface area contributed by atoms with Gasteiger partial charge in [-0.1, -0.05) is 82.1 Å². The van der Waals surface area contributed by atoms with Crippen LogP contribution in [0.25, 0.3) is 0 Å². The summed E-state index contributed by atoms with van der Waals surface area (Å²) in [7, 11) is 0. The van der Waals surface area contributed by atoms with E-state index < -0.39 is 6.10 Å². The lowest BCUT2D eigenvalue weighted by Crippen LogP contribution is -2.40. The first-order valence-electron chi connectivity index (χ1n) is 14.5. The Labute approximate surface area is 214 Å². The molecule has 4 heteroatoms. The first-order valence-corrected chi connectivity index (χ1v) is 14.5. The summed E-state index contributed by atoms with van der Waals surface area (Å²) in [6.45, 7) is 4.54. The number of carbonyl (C=O) groups is 2. The van der Waals surface area contributed by atoms with E-state index in [0.29, 0.717) is 6.42 Å². The molecular weight excluding hydrogens is 436 g/mol. The first-order chi connectivity index (χ1) is 17.1. The van der Waals surface area contributed by atoms with E-state index in [4.69, 9.17) is 9.47 Å². The van der Waals surface area contributed by atoms with Gasteiger partial charge in [0.25, 0.3) is 0 Å². The molecule has 1 unspecified atom stereocenters. The van der Waals surface area contributed by atoms with Gasteiger partial charge >= 0.3 is 5.97 Å². The molecule has 2 aliphatic rings. The highest BCUT2D eigenvalue weighted by Crippen LogP contribution is 2.31. The number of unbranched alkanes of at least 4 members (excludes halogenated alkanes) is 11. The van der Waals surface area contributed by atoms with E-state index in [-0.39, 0.29) is 30.4 Å². The largest absolute Gasteiger partial charge is 0.463 e. The van der Waals surface area contributed by atoms with E-state index in [0.717, 1.165) is 32.1 Å². The fraction of sp³-hybridized carbons (Fsp3) is 0.742. The van der Waals surface area contributed by atoms with Crippen molar-refractivity contribution < 1.29 is 19.1 Å². The summed E-state index contributed by atoms with van der Waals surface area (Å²) >= 11 is 0. The zero-order valence-electron chi connectivity index (χ0n) is 22.5. The summed E-state index contributed by atoms with van der Waals surface area (Å²) in [5.41, 5.74) is 1.24. The quantitative estimate of drug-likeness (QED) is 0.111. The SMILES string of the molecule is CCCCCCCC/C=C\CCCCCCCC(=O)OC[C@@H]1C=CC(=O)[C@@H](C2CCCC=C2C)O1. The third-order valence-corrected chi connectivity index (χ3v) is 7.26. The van der Waals surface area contributed by atoms with Gasteiger partial charge in [0.15, 0.2) is 5.78 Å². The molecule has 1 aliphatic heterocycles. The first kappa shape index (κ1) is 29.5. The minimum Gasteiger partial charge on any atom is -0.463 e. The Morgan fingerprint density at radius 2 is 1.66 bits per heavy atom. The van der Waals surface area contributed by atoms with Crippen LogP contribution in [-0.2, 0) is 19.1 Å². The molecule has 0 aromatic heterocycles. The van der Waals surface area contributed by atoms with E-state index >= 15 is 0 Å². The van der Waals surface area contributed by atoms with Gasteiger partial charge in [0.2, 0.25) is 0 Å². The molecule has 1 aliphatic carbocycles. The number of carbonyl (C=O) groups excluding carboxylic acids is 2. The van der Waals surface area contributed by atoms with Crippen LogP contribution in [0, 0.1) is 5.92 Å². The average Bonchev–Trinajstić information content (AvgIpc) is 2.86. The molecule has 198 valence electrons. The smallest absolute Gasteiger partial charge is 0.305 e. The van der Waals surface area contributed by atoms with Crippen LogP contribution in [0.3, 0.4) is 0 Å². The maximum Gasteiger partial charge on any atom is 0.305 e. The Morgan fingerprint density at radius 3 is 2.34 bits per heavy atom. The molecule has 0 fully saturated rings. The van der Waals surface area contributed by atoms with Gasteiger partial charge in [-0.15, -0.1) is 0 Å². The van der Waals surface area contributed by atoms with Crippen molar-refractivity contribution in [3.63, 3.8) is 0 Å². The van der Waals surface area contributed by atoms with Crippen molar-refractivity contribution in [3.8, 4) is 0 Å². The minimum atomic E-state index is -0.439. The van der Waals surface area contributed by atoms with Gasteiger partial charge in [-0.2, -0.15) is 0 Å². The molecule has 0 spiro atoms. The van der Waals surface area contributed by atoms with Crippen molar-refractivity contribution in [2.75, 3.05) is 6.61 Å². The molecule has 35 heavy (non-hydrogen) atoms. The van der Waals surface area contributed by atoms with E-state index in [1.54, 1.807) is 12.2 Å². The topological polar surface area (TPSA) is 52.6 Å². The lowest BCUT2D eigenvalue weighted by Gasteiger charge is -2.33. The highest BCUT2D eigenvalue weighted by Gasteiger charge is 2.34. The number of rotatable bonds is 18. The van der Waals surface area contributed by atoms with Gasteiger partial charge in [-0.3, -0.25) is 9.59 Å². The maximum atomic E-state index is 12.3. The second-order valence-corrected chi connectivity index (χ2v) is 10.4. The normalized spacial score (nSPS) is 22.5. The van der Waals surface area contributed by atoms with Crippen molar-refractivity contribution in [2.24, 2.45) is 5.92 Å². The lowest BCUT2D eigenvalue weighted by atomic mass is 9.82. The van der Waals surface area contributed by atoms with Gasteiger partial charge in [-0.25, -0.2) is 0 Å². The van der Waals surface area contributed by atoms with E-state index in [2.05, 4.69) is 32.1 Å². The predicted octanol–water partition coefficient (Wildman–Crippen LogP) is 8.21. The third kappa shape index (κ3) is 12.7. The fourth-order valence-electron chi connectivity index (χ4n) is 5.01. The van der Waals surface area contributed by atoms with Crippen LogP contribution in [0.4, 0.5) is 0 Å². The molecule has 0 amide bonds. The molecule has 0 bridgehead atoms. The van der Waals surface area contributed by atoms with Gasteiger partial charge in [0.05, 0.1) is 0 Å². The van der Waals surface area contributed by atoms with Crippen molar-refractivity contribution in [1.29, 1.82) is 0 Å². The van der Waals surface area contributed by atoms with Crippen LogP contribution in [0.15, 0.2) is 36.0 Å². The van der Waals surface area contributed by atoms with Crippen molar-refractivity contribution in [2.45, 2.75) is 135 Å². The summed E-state index contributed by atoms with van der Waals surface area (Å²) in [5, 5.41) is 0. The Morgan fingerprint density at radius 1 is 1.00 bits per heavy atom. The Balaban J connectivity index is 1.45. The van der Waals surface area contributed by atoms with Crippen molar-refractivity contribution in [3.05, 3.63) is 36.0 Å². The molecule has 3 atom stereocenters. The van der Waals surface area contributed by atoms with Crippen molar-refractivity contribution >= 4 is 11.8 Å². The number of ketones is 1. The number of allylic oxidation sites excluding steroid dienone is 3. The highest BCUT2D eigenvalue weighted by molar-refractivity contribution is 5.94. The van der Waals surface area contributed by atoms with E-state index in [1.807, 2.05) is 0 Å². The monoisotopic (exact) mass is 486 g/mol. The summed E-state index contributed by atoms with van der Waals surface area (Å²) in [5.74, 6) is 0.0116. The molecular formula is C31H50O4. The highest BCUT2D eigenvalue weighted by atomic mass is 16.6. The molecule has 0 radical (unpaired) electrons. The zero-order valence-corrected chi connectivity index (χ0v) is 22.5. The Kier molecular flexibility index (Phi) is 15.7. The molecule has 4 nitrogen and oxygen atoms in total. The van der Waals surface area contributed by atoms with Crippen LogP contribution in [-0.4, -0.2) is 30.6 Å². The lowest BCUT2D eigenvalue weighted by molar-refractivity contribution is -0.151. The fourth-order valence-corrected chi connectivity index (χ4v) is 5.01. The average molecular weight is 487 g/mol. The van der Waals surface area contributed by atoms with Crippen LogP contribution >= 0.6 is 0 Å². The van der Waals surface area contributed by atoms with Gasteiger partial charge in [0, 0.05) is 12.3 Å². The number of esters is 1. The van der Waals surface area contributed by atoms with E-state index in [1.165, 1.54) is 76.2 Å². The Hall–Kier alpha value is -1.68. The molecule has 0 N–H and O–H groups in total. The van der Waals surface area contributed by atoms with Crippen LogP contribution in [0.5, 0.6) is 0 Å². The minimum absolute atomic E-state index is 0.0283. The van der Waals surface area contributed by atoms with Gasteiger partial charge in [0.1, 0.15) is 18.8 Å². The summed E-state index contributed by atoms with van der Waals surface area (Å²) in [4.78, 5) is 24.5. The standard InChI is InChI=1S/C31H50O4/c1-3-4-5-6-7-8-9-10-11-12-13-14-15-16-17-22-30(33)34-25-27-23-24-29(32)31(35-27)28-21-19-18-20-26(28)2/h10-11,20,23-24,27-28,31H,3-9,12-19,21-22,25H2,1-2H3/b11-10-/t27-,28?,31+/m0/s1. The second kappa shape index (κ2) is 18.6. The van der Waals surface area contributed by atoms with Crippen LogP contribution in [0.1, 0.15) is 123 Å². The van der Waals surface area contributed by atoms with Gasteiger partial charge < -0.3 is 9.47 Å². The summed E-state index contributed by atoms with van der Waals surface area (Å²) in [6, 6.07) is 0. The second-order valence-electron chi connectivity index (χ2n) is 10.4. The molecule has 2 rings (SSSR count).